The van der Waals surface area contributed by atoms with E-state index in [-0.39, 0.29) is 42.3 Å². The van der Waals surface area contributed by atoms with E-state index in [4.69, 9.17) is 35.7 Å². The summed E-state index contributed by atoms with van der Waals surface area (Å²) >= 11 is 10.3. The predicted octanol–water partition coefficient (Wildman–Crippen LogP) is 15.4. The highest BCUT2D eigenvalue weighted by Crippen LogP contribution is 2.29. The molecular formula is C88H110Br3N7O14. The largest absolute Gasteiger partial charge is 0.480 e. The van der Waals surface area contributed by atoms with Crippen LogP contribution in [-0.4, -0.2) is 206 Å². The van der Waals surface area contributed by atoms with E-state index in [2.05, 4.69) is 150 Å². The molecule has 7 atom stereocenters. The number of aliphatic carboxylic acids is 7. The number of hydrogen-bond acceptors (Lipinski definition) is 14. The van der Waals surface area contributed by atoms with Crippen LogP contribution in [0.2, 0.25) is 0 Å². The van der Waals surface area contributed by atoms with Crippen molar-refractivity contribution in [1.82, 2.24) is 34.3 Å². The molecule has 0 aliphatic carbocycles. The van der Waals surface area contributed by atoms with Crippen LogP contribution in [0.15, 0.2) is 189 Å². The topological polar surface area (TPSA) is 284 Å². The van der Waals surface area contributed by atoms with E-state index in [1.54, 1.807) is 0 Å². The molecule has 0 unspecified atom stereocenters. The Hall–Kier alpha value is -8.01. The number of carboxylic acids is 7. The number of hydrogen-bond donors (Lipinski definition) is 7. The Morgan fingerprint density at radius 2 is 0.616 bits per heavy atom. The normalized spacial score (nSPS) is 21.2. The maximum atomic E-state index is 11.0. The molecule has 0 bridgehead atoms. The molecule has 21 nitrogen and oxygen atoms in total. The van der Waals surface area contributed by atoms with E-state index >= 15 is 0 Å². The van der Waals surface area contributed by atoms with E-state index in [0.29, 0.717) is 6.54 Å². The standard InChI is InChI=1S/4C13H17NO2.3C12H14BrNO2/c1-10-4-2-5-11(8-10)9-14-7-3-6-12(14)13(15)16;1-10-4-6-11(7-5-10)9-14-8-2-3-12(14)13(15)16;1-10-5-2-3-6-11(10)9-14-8-4-7-12(14)13(15)16;15-13(16)12-7-4-9-14(12)10-8-11-5-2-1-3-6-11;13-10-4-1-3-9(7-10)8-14-6-2-5-11(14)12(15)16;13-10-5-3-9(4-6-10)8-14-7-1-2-11(14)12(15)16;13-10-5-2-1-4-9(10)8-14-7-3-6-11(14)12(15)16/h2,4-5,8,12H,3,6-7,9H2,1H3,(H,15,16);4-7,12H,2-3,8-9H2,1H3,(H,15,16);2-3,5-6,12H,4,7-9H2,1H3,(H,15,16);1-3,5-6,12H,4,7-10H2,(H,15,16);1,3-4,7,11H,2,5-6,8H2,(H,15,16);3-6,11H,1-2,7-8H2,(H,15,16);1-2,4-5,11H,3,6-8H2,(H,15,16)/t4*12-;3*11-/m0000000/s1. The molecule has 0 amide bonds. The number of carboxylic acid groups (broad SMARTS) is 7. The van der Waals surface area contributed by atoms with Crippen molar-refractivity contribution >= 4 is 89.6 Å². The van der Waals surface area contributed by atoms with Crippen molar-refractivity contribution in [2.75, 3.05) is 52.4 Å². The summed E-state index contributed by atoms with van der Waals surface area (Å²) in [5, 5.41) is 63.5. The molecule has 0 spiro atoms. The molecule has 7 saturated heterocycles. The molecule has 7 aromatic rings. The van der Waals surface area contributed by atoms with Gasteiger partial charge in [-0.1, -0.05) is 205 Å². The fourth-order valence-electron chi connectivity index (χ4n) is 15.6. The van der Waals surface area contributed by atoms with E-state index in [0.717, 1.165) is 212 Å². The van der Waals surface area contributed by atoms with Gasteiger partial charge in [0.25, 0.3) is 0 Å². The van der Waals surface area contributed by atoms with Crippen LogP contribution in [0, 0.1) is 20.8 Å². The van der Waals surface area contributed by atoms with Gasteiger partial charge in [-0.15, -0.1) is 0 Å². The Bertz CT molecular complexity index is 3920. The van der Waals surface area contributed by atoms with Crippen molar-refractivity contribution < 1.29 is 69.3 Å². The van der Waals surface area contributed by atoms with Crippen LogP contribution in [0.1, 0.15) is 146 Å². The average molecular weight is 1730 g/mol. The van der Waals surface area contributed by atoms with Crippen molar-refractivity contribution in [2.45, 2.75) is 199 Å². The van der Waals surface area contributed by atoms with Crippen molar-refractivity contribution in [1.29, 1.82) is 0 Å². The zero-order valence-electron chi connectivity index (χ0n) is 64.5. The summed E-state index contributed by atoms with van der Waals surface area (Å²) in [5.41, 5.74) is 12.1. The van der Waals surface area contributed by atoms with Gasteiger partial charge in [-0.3, -0.25) is 67.9 Å². The first-order valence-electron chi connectivity index (χ1n) is 39.0. The van der Waals surface area contributed by atoms with E-state index in [1.807, 2.05) is 129 Å². The molecule has 112 heavy (non-hydrogen) atoms. The van der Waals surface area contributed by atoms with Crippen molar-refractivity contribution in [3.05, 3.63) is 245 Å². The first-order chi connectivity index (χ1) is 53.8. The lowest BCUT2D eigenvalue weighted by molar-refractivity contribution is -0.143. The fraction of sp³-hybridized carbons (Fsp3) is 0.443. The van der Waals surface area contributed by atoms with Gasteiger partial charge in [0.1, 0.15) is 42.3 Å². The zero-order valence-corrected chi connectivity index (χ0v) is 69.3. The molecule has 7 aliphatic rings. The first kappa shape index (κ1) is 89.5. The van der Waals surface area contributed by atoms with Gasteiger partial charge in [0.15, 0.2) is 0 Å². The lowest BCUT2D eigenvalue weighted by atomic mass is 10.1. The molecule has 0 radical (unpaired) electrons. The molecule has 0 aromatic heterocycles. The Labute approximate surface area is 684 Å². The summed E-state index contributed by atoms with van der Waals surface area (Å²) in [4.78, 5) is 91.5. The van der Waals surface area contributed by atoms with Crippen LogP contribution in [-0.2, 0) is 79.3 Å². The third-order valence-corrected chi connectivity index (χ3v) is 23.4. The SMILES string of the molecule is Cc1ccc(CN2CCC[C@H]2C(=O)O)cc1.Cc1cccc(CN2CCC[C@H]2C(=O)O)c1.Cc1ccccc1CN1CCC[C@H]1C(=O)O.O=C(O)[C@@H]1CCCN1CCc1ccccc1.O=C(O)[C@@H]1CCCN1Cc1ccc(Br)cc1.O=C(O)[C@@H]1CCCN1Cc1cccc(Br)c1.O=C(O)[C@@H]1CCCN1Cc1ccccc1Br. The van der Waals surface area contributed by atoms with Gasteiger partial charge in [-0.25, -0.2) is 0 Å². The van der Waals surface area contributed by atoms with Crippen molar-refractivity contribution in [3.8, 4) is 0 Å². The summed E-state index contributed by atoms with van der Waals surface area (Å²) in [5.74, 6) is -4.85. The molecule has 602 valence electrons. The predicted molar refractivity (Wildman–Crippen MR) is 445 cm³/mol. The zero-order chi connectivity index (χ0) is 80.6. The number of benzene rings is 7. The Morgan fingerprint density at radius 1 is 0.295 bits per heavy atom. The summed E-state index contributed by atoms with van der Waals surface area (Å²) in [6, 6.07) is 56.9. The minimum Gasteiger partial charge on any atom is -0.480 e. The van der Waals surface area contributed by atoms with Crippen LogP contribution in [0.3, 0.4) is 0 Å². The van der Waals surface area contributed by atoms with E-state index in [9.17, 15) is 33.6 Å². The van der Waals surface area contributed by atoms with Crippen LogP contribution in [0.5, 0.6) is 0 Å². The lowest BCUT2D eigenvalue weighted by Crippen LogP contribution is -2.37. The van der Waals surface area contributed by atoms with E-state index in [1.165, 1.54) is 38.9 Å². The van der Waals surface area contributed by atoms with Gasteiger partial charge in [0.2, 0.25) is 0 Å². The lowest BCUT2D eigenvalue weighted by Gasteiger charge is -2.21. The van der Waals surface area contributed by atoms with Crippen LogP contribution >= 0.6 is 47.8 Å². The van der Waals surface area contributed by atoms with Gasteiger partial charge in [0.05, 0.1) is 0 Å². The molecule has 7 N–H and O–H groups in total. The van der Waals surface area contributed by atoms with Gasteiger partial charge in [-0.05, 0) is 238 Å². The quantitative estimate of drug-likeness (QED) is 0.0332. The number of halogens is 3. The highest BCUT2D eigenvalue weighted by Gasteiger charge is 2.36. The average Bonchev–Trinajstić information content (AvgIpc) is 1.71. The third kappa shape index (κ3) is 29.1. The smallest absolute Gasteiger partial charge is 0.320 e. The molecule has 0 saturated carbocycles. The highest BCUT2D eigenvalue weighted by atomic mass is 79.9. The van der Waals surface area contributed by atoms with Crippen LogP contribution < -0.4 is 0 Å². The Morgan fingerprint density at radius 3 is 1.01 bits per heavy atom. The van der Waals surface area contributed by atoms with Gasteiger partial charge < -0.3 is 35.7 Å². The highest BCUT2D eigenvalue weighted by molar-refractivity contribution is 9.11. The molecule has 7 aromatic carbocycles. The summed E-state index contributed by atoms with van der Waals surface area (Å²) in [6.07, 6.45) is 13.3. The second-order valence-electron chi connectivity index (χ2n) is 29.8. The van der Waals surface area contributed by atoms with Gasteiger partial charge >= 0.3 is 41.8 Å². The summed E-state index contributed by atoms with van der Waals surface area (Å²) in [7, 11) is 0. The Kier molecular flexibility index (Phi) is 37.1. The minimum atomic E-state index is -0.704. The van der Waals surface area contributed by atoms with Gasteiger partial charge in [0, 0.05) is 59.2 Å². The number of nitrogens with zero attached hydrogens (tertiary/aromatic N) is 7. The van der Waals surface area contributed by atoms with Crippen LogP contribution in [0.4, 0.5) is 0 Å². The number of aryl methyl sites for hydroxylation is 3. The minimum absolute atomic E-state index is 0.260. The molecule has 7 heterocycles. The summed E-state index contributed by atoms with van der Waals surface area (Å²) < 4.78 is 3.13. The molecule has 7 aliphatic heterocycles. The fourth-order valence-corrected chi connectivity index (χ4v) is 16.7. The third-order valence-electron chi connectivity index (χ3n) is 21.6. The molecule has 24 heteroatoms. The first-order valence-corrected chi connectivity index (χ1v) is 41.4. The van der Waals surface area contributed by atoms with Crippen LogP contribution in [0.25, 0.3) is 0 Å². The van der Waals surface area contributed by atoms with Crippen molar-refractivity contribution in [2.24, 2.45) is 0 Å². The number of likely N-dealkylation sites (tertiary alicyclic amines) is 7. The van der Waals surface area contributed by atoms with Crippen molar-refractivity contribution in [3.63, 3.8) is 0 Å². The number of carbonyl (C=O) groups is 7. The second-order valence-corrected chi connectivity index (χ2v) is 32.5. The molecule has 7 fully saturated rings. The van der Waals surface area contributed by atoms with E-state index < -0.39 is 41.8 Å². The van der Waals surface area contributed by atoms with Gasteiger partial charge in [-0.2, -0.15) is 0 Å². The Balaban J connectivity index is 0.000000164. The second kappa shape index (κ2) is 46.4. The molecule has 14 rings (SSSR count). The molecular weight excluding hydrogens is 1620 g/mol. The maximum absolute atomic E-state index is 11.0. The monoisotopic (exact) mass is 1730 g/mol. The number of rotatable bonds is 22. The summed E-state index contributed by atoms with van der Waals surface area (Å²) in [6.45, 7) is 17.7. The maximum Gasteiger partial charge on any atom is 0.320 e.